The Labute approximate surface area is 159 Å². The van der Waals surface area contributed by atoms with E-state index < -0.39 is 0 Å². The van der Waals surface area contributed by atoms with E-state index in [0.717, 1.165) is 29.9 Å². The third kappa shape index (κ3) is 5.01. The Balaban J connectivity index is 1.81. The normalized spacial score (nSPS) is 10.9. The van der Waals surface area contributed by atoms with Gasteiger partial charge < -0.3 is 10.2 Å². The predicted octanol–water partition coefficient (Wildman–Crippen LogP) is 2.54. The van der Waals surface area contributed by atoms with Gasteiger partial charge in [-0.3, -0.25) is 4.79 Å². The van der Waals surface area contributed by atoms with Crippen molar-refractivity contribution in [3.05, 3.63) is 66.4 Å². The average molecular weight is 363 g/mol. The predicted molar refractivity (Wildman–Crippen MR) is 107 cm³/mol. The van der Waals surface area contributed by atoms with Crippen molar-refractivity contribution in [2.45, 2.75) is 12.8 Å². The van der Waals surface area contributed by atoms with Crippen molar-refractivity contribution in [1.82, 2.24) is 25.2 Å². The molecule has 0 spiro atoms. The van der Waals surface area contributed by atoms with Crippen molar-refractivity contribution >= 4 is 5.91 Å². The second-order valence-electron chi connectivity index (χ2n) is 6.68. The lowest BCUT2D eigenvalue weighted by molar-refractivity contribution is -0.120. The fourth-order valence-electron chi connectivity index (χ4n) is 2.90. The van der Waals surface area contributed by atoms with Gasteiger partial charge in [-0.15, -0.1) is 5.10 Å². The Bertz CT molecular complexity index is 859. The molecule has 0 aliphatic rings. The van der Waals surface area contributed by atoms with E-state index in [1.807, 2.05) is 74.8 Å². The number of carbonyl (C=O) groups is 1. The molecule has 0 saturated heterocycles. The van der Waals surface area contributed by atoms with Crippen LogP contribution in [0.15, 0.2) is 60.7 Å². The van der Waals surface area contributed by atoms with Gasteiger partial charge >= 0.3 is 0 Å². The van der Waals surface area contributed by atoms with Crippen molar-refractivity contribution in [3.8, 4) is 16.9 Å². The zero-order valence-electron chi connectivity index (χ0n) is 15.8. The third-order valence-electron chi connectivity index (χ3n) is 4.22. The van der Waals surface area contributed by atoms with Crippen LogP contribution in [0.3, 0.4) is 0 Å². The number of amides is 1. The van der Waals surface area contributed by atoms with Crippen LogP contribution >= 0.6 is 0 Å². The van der Waals surface area contributed by atoms with Gasteiger partial charge in [0.25, 0.3) is 0 Å². The second kappa shape index (κ2) is 9.09. The molecule has 1 amide bonds. The molecule has 0 unspecified atom stereocenters. The van der Waals surface area contributed by atoms with E-state index in [1.54, 1.807) is 4.68 Å². The van der Waals surface area contributed by atoms with E-state index in [4.69, 9.17) is 0 Å². The van der Waals surface area contributed by atoms with Crippen LogP contribution < -0.4 is 5.32 Å². The van der Waals surface area contributed by atoms with Crippen molar-refractivity contribution in [1.29, 1.82) is 0 Å². The maximum atomic E-state index is 12.4. The summed E-state index contributed by atoms with van der Waals surface area (Å²) < 4.78 is 1.80. The largest absolute Gasteiger partial charge is 0.356 e. The SMILES string of the molecule is CN(C)CCCNC(=O)Cc1nnn(-c2ccccc2)c1-c1ccccc1. The van der Waals surface area contributed by atoms with Gasteiger partial charge in [0.1, 0.15) is 5.69 Å². The second-order valence-corrected chi connectivity index (χ2v) is 6.68. The fraction of sp³-hybridized carbons (Fsp3) is 0.286. The molecule has 27 heavy (non-hydrogen) atoms. The van der Waals surface area contributed by atoms with Crippen LogP contribution in [0, 0.1) is 0 Å². The summed E-state index contributed by atoms with van der Waals surface area (Å²) in [6.07, 6.45) is 1.13. The minimum Gasteiger partial charge on any atom is -0.356 e. The van der Waals surface area contributed by atoms with Gasteiger partial charge in [-0.25, -0.2) is 4.68 Å². The van der Waals surface area contributed by atoms with Gasteiger partial charge in [-0.05, 0) is 39.2 Å². The summed E-state index contributed by atoms with van der Waals surface area (Å²) in [4.78, 5) is 14.5. The zero-order valence-corrected chi connectivity index (χ0v) is 15.8. The zero-order chi connectivity index (χ0) is 19.1. The Morgan fingerprint density at radius 2 is 1.70 bits per heavy atom. The number of para-hydroxylation sites is 1. The molecular formula is C21H25N5O. The van der Waals surface area contributed by atoms with Gasteiger partial charge in [0.05, 0.1) is 17.8 Å². The lowest BCUT2D eigenvalue weighted by Gasteiger charge is -2.10. The maximum Gasteiger partial charge on any atom is 0.226 e. The number of nitrogens with one attached hydrogen (secondary N) is 1. The maximum absolute atomic E-state index is 12.4. The van der Waals surface area contributed by atoms with E-state index in [1.165, 1.54) is 0 Å². The number of hydrogen-bond acceptors (Lipinski definition) is 4. The summed E-state index contributed by atoms with van der Waals surface area (Å²) in [5.74, 6) is -0.0361. The van der Waals surface area contributed by atoms with Gasteiger partial charge in [0, 0.05) is 12.1 Å². The summed E-state index contributed by atoms with van der Waals surface area (Å²) in [6.45, 7) is 1.60. The van der Waals surface area contributed by atoms with Crippen molar-refractivity contribution < 1.29 is 4.79 Å². The smallest absolute Gasteiger partial charge is 0.226 e. The van der Waals surface area contributed by atoms with E-state index >= 15 is 0 Å². The van der Waals surface area contributed by atoms with Gasteiger partial charge in [0.15, 0.2) is 0 Å². The Morgan fingerprint density at radius 3 is 2.37 bits per heavy atom. The number of aromatic nitrogens is 3. The van der Waals surface area contributed by atoms with E-state index in [9.17, 15) is 4.79 Å². The van der Waals surface area contributed by atoms with Crippen LogP contribution in [-0.4, -0.2) is 53.0 Å². The summed E-state index contributed by atoms with van der Waals surface area (Å²) in [7, 11) is 4.05. The minimum atomic E-state index is -0.0361. The van der Waals surface area contributed by atoms with Crippen LogP contribution in [-0.2, 0) is 11.2 Å². The van der Waals surface area contributed by atoms with Crippen LogP contribution in [0.1, 0.15) is 12.1 Å². The molecule has 2 aromatic carbocycles. The summed E-state index contributed by atoms with van der Waals surface area (Å²) >= 11 is 0. The molecule has 1 heterocycles. The number of carbonyl (C=O) groups excluding carboxylic acids is 1. The summed E-state index contributed by atoms with van der Waals surface area (Å²) in [6, 6.07) is 19.8. The molecule has 3 aromatic rings. The number of rotatable bonds is 8. The van der Waals surface area contributed by atoms with Gasteiger partial charge in [-0.1, -0.05) is 53.7 Å². The molecule has 1 aromatic heterocycles. The van der Waals surface area contributed by atoms with Crippen molar-refractivity contribution in [2.24, 2.45) is 0 Å². The highest BCUT2D eigenvalue weighted by Crippen LogP contribution is 2.25. The van der Waals surface area contributed by atoms with Gasteiger partial charge in [0.2, 0.25) is 5.91 Å². The van der Waals surface area contributed by atoms with Crippen molar-refractivity contribution in [3.63, 3.8) is 0 Å². The Kier molecular flexibility index (Phi) is 6.33. The first-order valence-electron chi connectivity index (χ1n) is 9.12. The lowest BCUT2D eigenvalue weighted by Crippen LogP contribution is -2.28. The summed E-state index contributed by atoms with van der Waals surface area (Å²) in [5.41, 5.74) is 3.43. The number of hydrogen-bond donors (Lipinski definition) is 1. The topological polar surface area (TPSA) is 63.1 Å². The molecular weight excluding hydrogens is 338 g/mol. The molecule has 3 rings (SSSR count). The third-order valence-corrected chi connectivity index (χ3v) is 4.22. The molecule has 0 aliphatic carbocycles. The molecule has 0 bridgehead atoms. The van der Waals surface area contributed by atoms with Crippen LogP contribution in [0.25, 0.3) is 16.9 Å². The molecule has 0 aliphatic heterocycles. The first kappa shape index (κ1) is 18.8. The van der Waals surface area contributed by atoms with Crippen LogP contribution in [0.2, 0.25) is 0 Å². The number of nitrogens with zero attached hydrogens (tertiary/aromatic N) is 4. The highest BCUT2D eigenvalue weighted by molar-refractivity contribution is 5.80. The molecule has 140 valence electrons. The molecule has 0 radical (unpaired) electrons. The fourth-order valence-corrected chi connectivity index (χ4v) is 2.90. The highest BCUT2D eigenvalue weighted by Gasteiger charge is 2.18. The molecule has 6 nitrogen and oxygen atoms in total. The van der Waals surface area contributed by atoms with E-state index in [2.05, 4.69) is 20.5 Å². The highest BCUT2D eigenvalue weighted by atomic mass is 16.1. The average Bonchev–Trinajstić information content (AvgIpc) is 3.10. The minimum absolute atomic E-state index is 0.0361. The standard InChI is InChI=1S/C21H25N5O/c1-25(2)15-9-14-22-20(27)16-19-21(17-10-5-3-6-11-17)26(24-23-19)18-12-7-4-8-13-18/h3-8,10-13H,9,14-16H2,1-2H3,(H,22,27). The Morgan fingerprint density at radius 1 is 1.04 bits per heavy atom. The summed E-state index contributed by atoms with van der Waals surface area (Å²) in [5, 5.41) is 11.6. The monoisotopic (exact) mass is 363 g/mol. The van der Waals surface area contributed by atoms with Crippen molar-refractivity contribution in [2.75, 3.05) is 27.2 Å². The van der Waals surface area contributed by atoms with Crippen LogP contribution in [0.5, 0.6) is 0 Å². The molecule has 0 saturated carbocycles. The molecule has 0 fully saturated rings. The van der Waals surface area contributed by atoms with Gasteiger partial charge in [-0.2, -0.15) is 0 Å². The van der Waals surface area contributed by atoms with E-state index in [0.29, 0.717) is 12.2 Å². The quantitative estimate of drug-likeness (QED) is 0.625. The number of benzene rings is 2. The first-order chi connectivity index (χ1) is 13.1. The van der Waals surface area contributed by atoms with Crippen LogP contribution in [0.4, 0.5) is 0 Å². The lowest BCUT2D eigenvalue weighted by atomic mass is 10.1. The Hall–Kier alpha value is -2.99. The van der Waals surface area contributed by atoms with E-state index in [-0.39, 0.29) is 12.3 Å². The molecule has 1 N–H and O–H groups in total. The first-order valence-corrected chi connectivity index (χ1v) is 9.12. The molecule has 0 atom stereocenters. The molecule has 6 heteroatoms.